The van der Waals surface area contributed by atoms with Gasteiger partial charge < -0.3 is 16.2 Å². The molecule has 4 N–H and O–H groups in total. The molecule has 0 saturated carbocycles. The van der Waals surface area contributed by atoms with E-state index >= 15 is 0 Å². The predicted octanol–water partition coefficient (Wildman–Crippen LogP) is 3.14. The van der Waals surface area contributed by atoms with Gasteiger partial charge in [-0.25, -0.2) is 4.79 Å². The van der Waals surface area contributed by atoms with Crippen LogP contribution in [-0.4, -0.2) is 11.1 Å². The zero-order valence-electron chi connectivity index (χ0n) is 11.4. The molecular formula is C16H18N2O2. The first-order valence-electron chi connectivity index (χ1n) is 6.56. The maximum atomic E-state index is 11.2. The van der Waals surface area contributed by atoms with E-state index in [0.29, 0.717) is 17.9 Å². The number of nitrogens with two attached hydrogens (primary N) is 1. The smallest absolute Gasteiger partial charge is 0.337 e. The fourth-order valence-corrected chi connectivity index (χ4v) is 2.20. The predicted molar refractivity (Wildman–Crippen MR) is 81.0 cm³/mol. The minimum absolute atomic E-state index is 0.193. The molecule has 104 valence electrons. The monoisotopic (exact) mass is 270 g/mol. The van der Waals surface area contributed by atoms with Gasteiger partial charge in [-0.1, -0.05) is 37.3 Å². The van der Waals surface area contributed by atoms with Gasteiger partial charge in [0.15, 0.2) is 0 Å². The van der Waals surface area contributed by atoms with Crippen molar-refractivity contribution < 1.29 is 9.90 Å². The highest BCUT2D eigenvalue weighted by molar-refractivity contribution is 5.97. The molecule has 0 heterocycles. The normalized spacial score (nSPS) is 10.2. The number of hydrogen-bond acceptors (Lipinski definition) is 3. The van der Waals surface area contributed by atoms with Crippen LogP contribution >= 0.6 is 0 Å². The summed E-state index contributed by atoms with van der Waals surface area (Å²) in [4.78, 5) is 11.2. The van der Waals surface area contributed by atoms with E-state index in [1.165, 1.54) is 5.56 Å². The van der Waals surface area contributed by atoms with Crippen molar-refractivity contribution in [3.05, 3.63) is 59.2 Å². The second kappa shape index (κ2) is 6.10. The minimum Gasteiger partial charge on any atom is -0.478 e. The highest BCUT2D eigenvalue weighted by Gasteiger charge is 2.12. The molecular weight excluding hydrogens is 252 g/mol. The average molecular weight is 270 g/mol. The summed E-state index contributed by atoms with van der Waals surface area (Å²) in [6.45, 7) is 2.65. The molecule has 4 heteroatoms. The first-order chi connectivity index (χ1) is 9.63. The van der Waals surface area contributed by atoms with Crippen molar-refractivity contribution in [2.24, 2.45) is 0 Å². The molecule has 4 nitrogen and oxygen atoms in total. The van der Waals surface area contributed by atoms with E-state index in [9.17, 15) is 9.90 Å². The summed E-state index contributed by atoms with van der Waals surface area (Å²) in [5.41, 5.74) is 9.37. The third-order valence-electron chi connectivity index (χ3n) is 3.28. The van der Waals surface area contributed by atoms with Crippen LogP contribution in [0.15, 0.2) is 42.5 Å². The molecule has 0 aliphatic heterocycles. The van der Waals surface area contributed by atoms with E-state index in [-0.39, 0.29) is 5.56 Å². The number of rotatable bonds is 5. The number of aryl methyl sites for hydroxylation is 1. The maximum absolute atomic E-state index is 11.2. The summed E-state index contributed by atoms with van der Waals surface area (Å²) in [5, 5.41) is 12.3. The lowest BCUT2D eigenvalue weighted by Crippen LogP contribution is -2.10. The molecule has 0 aromatic heterocycles. The lowest BCUT2D eigenvalue weighted by atomic mass is 10.0. The summed E-state index contributed by atoms with van der Waals surface area (Å²) in [6.07, 6.45) is 0.938. The van der Waals surface area contributed by atoms with E-state index in [2.05, 4.69) is 18.3 Å². The van der Waals surface area contributed by atoms with Gasteiger partial charge in [-0.05, 0) is 29.7 Å². The second-order valence-corrected chi connectivity index (χ2v) is 4.55. The van der Waals surface area contributed by atoms with Crippen molar-refractivity contribution in [1.29, 1.82) is 0 Å². The Morgan fingerprint density at radius 2 is 1.85 bits per heavy atom. The number of carboxylic acid groups (broad SMARTS) is 1. The molecule has 0 atom stereocenters. The van der Waals surface area contributed by atoms with Gasteiger partial charge in [0.2, 0.25) is 0 Å². The molecule has 2 rings (SSSR count). The van der Waals surface area contributed by atoms with Crippen LogP contribution in [0.3, 0.4) is 0 Å². The number of nitrogen functional groups attached to an aromatic ring is 1. The van der Waals surface area contributed by atoms with Gasteiger partial charge >= 0.3 is 5.97 Å². The van der Waals surface area contributed by atoms with E-state index in [4.69, 9.17) is 5.73 Å². The van der Waals surface area contributed by atoms with Crippen LogP contribution in [0, 0.1) is 0 Å². The van der Waals surface area contributed by atoms with Crippen molar-refractivity contribution in [1.82, 2.24) is 0 Å². The van der Waals surface area contributed by atoms with Crippen LogP contribution in [-0.2, 0) is 13.0 Å². The van der Waals surface area contributed by atoms with Crippen molar-refractivity contribution in [3.63, 3.8) is 0 Å². The van der Waals surface area contributed by atoms with Crippen LogP contribution in [0.1, 0.15) is 28.4 Å². The summed E-state index contributed by atoms with van der Waals surface area (Å²) >= 11 is 0. The highest BCUT2D eigenvalue weighted by Crippen LogP contribution is 2.24. The SMILES string of the molecule is CCc1ccccc1CNc1c(N)cccc1C(=O)O. The fraction of sp³-hybridized carbons (Fsp3) is 0.188. The molecule has 2 aromatic carbocycles. The Bertz CT molecular complexity index is 624. The highest BCUT2D eigenvalue weighted by atomic mass is 16.4. The molecule has 0 fully saturated rings. The van der Waals surface area contributed by atoms with Crippen molar-refractivity contribution >= 4 is 17.3 Å². The van der Waals surface area contributed by atoms with Gasteiger partial charge in [-0.3, -0.25) is 0 Å². The van der Waals surface area contributed by atoms with Gasteiger partial charge in [-0.15, -0.1) is 0 Å². The van der Waals surface area contributed by atoms with E-state index in [1.54, 1.807) is 18.2 Å². The lowest BCUT2D eigenvalue weighted by molar-refractivity contribution is 0.0698. The maximum Gasteiger partial charge on any atom is 0.337 e. The van der Waals surface area contributed by atoms with Crippen molar-refractivity contribution in [2.45, 2.75) is 19.9 Å². The van der Waals surface area contributed by atoms with Crippen molar-refractivity contribution in [3.8, 4) is 0 Å². The largest absolute Gasteiger partial charge is 0.478 e. The molecule has 2 aromatic rings. The number of nitrogens with one attached hydrogen (secondary N) is 1. The molecule has 0 radical (unpaired) electrons. The standard InChI is InChI=1S/C16H18N2O2/c1-2-11-6-3-4-7-12(11)10-18-15-13(16(19)20)8-5-9-14(15)17/h3-9,18H,2,10,17H2,1H3,(H,19,20). The van der Waals surface area contributed by atoms with E-state index < -0.39 is 5.97 Å². The van der Waals surface area contributed by atoms with Gasteiger partial charge in [0.1, 0.15) is 0 Å². The van der Waals surface area contributed by atoms with E-state index in [0.717, 1.165) is 12.0 Å². The van der Waals surface area contributed by atoms with Gasteiger partial charge in [0, 0.05) is 6.54 Å². The van der Waals surface area contributed by atoms with Crippen LogP contribution in [0.25, 0.3) is 0 Å². The number of aromatic carboxylic acids is 1. The third kappa shape index (κ3) is 2.91. The number of benzene rings is 2. The molecule has 20 heavy (non-hydrogen) atoms. The minimum atomic E-state index is -0.983. The quantitative estimate of drug-likeness (QED) is 0.730. The van der Waals surface area contributed by atoms with Crippen LogP contribution < -0.4 is 11.1 Å². The Labute approximate surface area is 118 Å². The first kappa shape index (κ1) is 13.9. The summed E-state index contributed by atoms with van der Waals surface area (Å²) in [7, 11) is 0. The number of para-hydroxylation sites is 1. The van der Waals surface area contributed by atoms with Crippen LogP contribution in [0.5, 0.6) is 0 Å². The lowest BCUT2D eigenvalue weighted by Gasteiger charge is -2.14. The summed E-state index contributed by atoms with van der Waals surface area (Å²) in [6, 6.07) is 13.0. The Hall–Kier alpha value is -2.49. The first-order valence-corrected chi connectivity index (χ1v) is 6.56. The Kier molecular flexibility index (Phi) is 4.25. The Balaban J connectivity index is 2.25. The molecule has 0 unspecified atom stereocenters. The summed E-state index contributed by atoms with van der Waals surface area (Å²) < 4.78 is 0. The summed E-state index contributed by atoms with van der Waals surface area (Å²) in [5.74, 6) is -0.983. The molecule has 0 aliphatic carbocycles. The number of carboxylic acids is 1. The number of anilines is 2. The van der Waals surface area contributed by atoms with E-state index in [1.807, 2.05) is 18.2 Å². The zero-order chi connectivity index (χ0) is 14.5. The van der Waals surface area contributed by atoms with Gasteiger partial charge in [-0.2, -0.15) is 0 Å². The average Bonchev–Trinajstić information content (AvgIpc) is 2.46. The fourth-order valence-electron chi connectivity index (χ4n) is 2.20. The van der Waals surface area contributed by atoms with Gasteiger partial charge in [0.25, 0.3) is 0 Å². The Morgan fingerprint density at radius 3 is 2.50 bits per heavy atom. The number of hydrogen-bond donors (Lipinski definition) is 3. The molecule has 0 bridgehead atoms. The molecule has 0 saturated heterocycles. The van der Waals surface area contributed by atoms with Gasteiger partial charge in [0.05, 0.1) is 16.9 Å². The topological polar surface area (TPSA) is 75.3 Å². The Morgan fingerprint density at radius 1 is 1.15 bits per heavy atom. The van der Waals surface area contributed by atoms with Crippen LogP contribution in [0.4, 0.5) is 11.4 Å². The van der Waals surface area contributed by atoms with Crippen LogP contribution in [0.2, 0.25) is 0 Å². The molecule has 0 spiro atoms. The van der Waals surface area contributed by atoms with Crippen molar-refractivity contribution in [2.75, 3.05) is 11.1 Å². The second-order valence-electron chi connectivity index (χ2n) is 4.55. The molecule has 0 amide bonds. The zero-order valence-corrected chi connectivity index (χ0v) is 11.4. The third-order valence-corrected chi connectivity index (χ3v) is 3.28. The number of carbonyl (C=O) groups is 1. The molecule has 0 aliphatic rings.